The Labute approximate surface area is 118 Å². The third kappa shape index (κ3) is 2.20. The van der Waals surface area contributed by atoms with E-state index in [4.69, 9.17) is 11.6 Å². The maximum atomic E-state index is 11.8. The minimum absolute atomic E-state index is 0.158. The summed E-state index contributed by atoms with van der Waals surface area (Å²) in [5, 5.41) is 20.3. The fourth-order valence-electron chi connectivity index (χ4n) is 3.24. The van der Waals surface area contributed by atoms with Crippen LogP contribution in [0.15, 0.2) is 6.07 Å². The molecule has 4 heteroatoms. The van der Waals surface area contributed by atoms with Gasteiger partial charge in [-0.1, -0.05) is 30.9 Å². The molecule has 19 heavy (non-hydrogen) atoms. The number of hydrogen-bond donors (Lipinski definition) is 2. The van der Waals surface area contributed by atoms with Crippen LogP contribution in [0.5, 0.6) is 5.75 Å². The van der Waals surface area contributed by atoms with Crippen LogP contribution in [0.4, 0.5) is 0 Å². The fourth-order valence-corrected chi connectivity index (χ4v) is 3.72. The van der Waals surface area contributed by atoms with E-state index in [1.54, 1.807) is 19.9 Å². The van der Waals surface area contributed by atoms with Crippen LogP contribution in [0.3, 0.4) is 0 Å². The molecule has 1 fully saturated rings. The first-order valence-electron chi connectivity index (χ1n) is 6.62. The number of carboxylic acids is 1. The summed E-state index contributed by atoms with van der Waals surface area (Å²) < 4.78 is 0. The molecule has 0 saturated heterocycles. The van der Waals surface area contributed by atoms with Gasteiger partial charge < -0.3 is 10.2 Å². The topological polar surface area (TPSA) is 57.5 Å². The van der Waals surface area contributed by atoms with Crippen LogP contribution < -0.4 is 0 Å². The Morgan fingerprint density at radius 2 is 1.84 bits per heavy atom. The standard InChI is InChI=1S/C15H19ClO3/c1-9-8-11(16)12(10(2)13(9)17)15(14(18)19)6-4-3-5-7-15/h8,17H,3-7H2,1-2H3,(H,18,19). The number of rotatable bonds is 2. The largest absolute Gasteiger partial charge is 0.507 e. The summed E-state index contributed by atoms with van der Waals surface area (Å²) in [7, 11) is 0. The SMILES string of the molecule is Cc1cc(Cl)c(C2(C(=O)O)CCCCC2)c(C)c1O. The van der Waals surface area contributed by atoms with Crippen LogP contribution in [0.1, 0.15) is 48.8 Å². The van der Waals surface area contributed by atoms with Gasteiger partial charge in [-0.3, -0.25) is 4.79 Å². The molecule has 1 aliphatic carbocycles. The van der Waals surface area contributed by atoms with Crippen molar-refractivity contribution in [1.82, 2.24) is 0 Å². The number of aliphatic carboxylic acids is 1. The van der Waals surface area contributed by atoms with Gasteiger partial charge in [-0.05, 0) is 49.4 Å². The average molecular weight is 283 g/mol. The molecule has 1 aliphatic rings. The molecule has 1 aromatic carbocycles. The van der Waals surface area contributed by atoms with Crippen LogP contribution in [-0.2, 0) is 10.2 Å². The van der Waals surface area contributed by atoms with Gasteiger partial charge in [0.05, 0.1) is 5.41 Å². The number of carboxylic acid groups (broad SMARTS) is 1. The molecular formula is C15H19ClO3. The van der Waals surface area contributed by atoms with E-state index in [0.717, 1.165) is 19.3 Å². The van der Waals surface area contributed by atoms with E-state index in [-0.39, 0.29) is 5.75 Å². The van der Waals surface area contributed by atoms with Crippen molar-refractivity contribution in [2.75, 3.05) is 0 Å². The van der Waals surface area contributed by atoms with Gasteiger partial charge in [-0.2, -0.15) is 0 Å². The van der Waals surface area contributed by atoms with Gasteiger partial charge >= 0.3 is 5.97 Å². The van der Waals surface area contributed by atoms with Crippen molar-refractivity contribution in [1.29, 1.82) is 0 Å². The Morgan fingerprint density at radius 1 is 1.26 bits per heavy atom. The molecular weight excluding hydrogens is 264 g/mol. The summed E-state index contributed by atoms with van der Waals surface area (Å²) in [5.74, 6) is -0.675. The summed E-state index contributed by atoms with van der Waals surface area (Å²) in [6, 6.07) is 1.67. The minimum atomic E-state index is -0.940. The molecule has 2 rings (SSSR count). The molecule has 0 aromatic heterocycles. The van der Waals surface area contributed by atoms with E-state index in [1.807, 2.05) is 0 Å². The summed E-state index contributed by atoms with van der Waals surface area (Å²) in [5.41, 5.74) is 0.950. The first kappa shape index (κ1) is 14.2. The maximum Gasteiger partial charge on any atom is 0.314 e. The lowest BCUT2D eigenvalue weighted by Gasteiger charge is -2.35. The molecule has 1 aromatic rings. The second kappa shape index (κ2) is 5.04. The van der Waals surface area contributed by atoms with Gasteiger partial charge in [-0.15, -0.1) is 0 Å². The number of aromatic hydroxyl groups is 1. The van der Waals surface area contributed by atoms with Crippen molar-refractivity contribution >= 4 is 17.6 Å². The lowest BCUT2D eigenvalue weighted by Crippen LogP contribution is -2.38. The smallest absolute Gasteiger partial charge is 0.314 e. The average Bonchev–Trinajstić information content (AvgIpc) is 2.37. The van der Waals surface area contributed by atoms with E-state index in [0.29, 0.717) is 34.6 Å². The monoisotopic (exact) mass is 282 g/mol. The van der Waals surface area contributed by atoms with E-state index < -0.39 is 11.4 Å². The number of phenols is 1. The molecule has 0 bridgehead atoms. The number of phenolic OH excluding ortho intramolecular Hbond substituents is 1. The summed E-state index contributed by atoms with van der Waals surface area (Å²) in [6.45, 7) is 3.52. The molecule has 0 atom stereocenters. The molecule has 0 unspecified atom stereocenters. The van der Waals surface area contributed by atoms with Crippen molar-refractivity contribution in [3.63, 3.8) is 0 Å². The third-order valence-corrected chi connectivity index (χ3v) is 4.58. The highest BCUT2D eigenvalue weighted by atomic mass is 35.5. The summed E-state index contributed by atoms with van der Waals surface area (Å²) in [6.07, 6.45) is 4.01. The van der Waals surface area contributed by atoms with Crippen molar-refractivity contribution in [2.45, 2.75) is 51.4 Å². The van der Waals surface area contributed by atoms with Crippen LogP contribution in [-0.4, -0.2) is 16.2 Å². The van der Waals surface area contributed by atoms with Gasteiger partial charge in [0.2, 0.25) is 0 Å². The van der Waals surface area contributed by atoms with E-state index in [1.165, 1.54) is 0 Å². The zero-order valence-electron chi connectivity index (χ0n) is 11.3. The third-order valence-electron chi connectivity index (χ3n) is 4.28. The van der Waals surface area contributed by atoms with Crippen molar-refractivity contribution < 1.29 is 15.0 Å². The first-order valence-corrected chi connectivity index (χ1v) is 7.00. The molecule has 0 heterocycles. The van der Waals surface area contributed by atoms with Crippen molar-refractivity contribution in [3.8, 4) is 5.75 Å². The van der Waals surface area contributed by atoms with Crippen LogP contribution in [0.2, 0.25) is 5.02 Å². The highest BCUT2D eigenvalue weighted by Gasteiger charge is 2.44. The van der Waals surface area contributed by atoms with Gasteiger partial charge in [0.25, 0.3) is 0 Å². The van der Waals surface area contributed by atoms with Crippen molar-refractivity contribution in [3.05, 3.63) is 27.8 Å². The second-order valence-corrected chi connectivity index (χ2v) is 5.88. The summed E-state index contributed by atoms with van der Waals surface area (Å²) in [4.78, 5) is 11.8. The number of benzene rings is 1. The Bertz CT molecular complexity index is 517. The molecule has 0 radical (unpaired) electrons. The molecule has 104 valence electrons. The quantitative estimate of drug-likeness (QED) is 0.863. The second-order valence-electron chi connectivity index (χ2n) is 5.47. The van der Waals surface area contributed by atoms with Crippen LogP contribution in [0, 0.1) is 13.8 Å². The summed E-state index contributed by atoms with van der Waals surface area (Å²) >= 11 is 6.30. The highest BCUT2D eigenvalue weighted by Crippen LogP contribution is 2.46. The van der Waals surface area contributed by atoms with Crippen molar-refractivity contribution in [2.24, 2.45) is 0 Å². The number of hydrogen-bond acceptors (Lipinski definition) is 2. The van der Waals surface area contributed by atoms with E-state index in [9.17, 15) is 15.0 Å². The zero-order chi connectivity index (χ0) is 14.2. The molecule has 0 aliphatic heterocycles. The first-order chi connectivity index (χ1) is 8.90. The number of carbonyl (C=O) groups is 1. The minimum Gasteiger partial charge on any atom is -0.507 e. The normalized spacial score (nSPS) is 18.3. The Morgan fingerprint density at radius 3 is 2.37 bits per heavy atom. The Balaban J connectivity index is 2.67. The van der Waals surface area contributed by atoms with Crippen LogP contribution in [0.25, 0.3) is 0 Å². The molecule has 0 amide bonds. The lowest BCUT2D eigenvalue weighted by atomic mass is 9.68. The molecule has 3 nitrogen and oxygen atoms in total. The van der Waals surface area contributed by atoms with E-state index >= 15 is 0 Å². The van der Waals surface area contributed by atoms with Gasteiger partial charge in [-0.25, -0.2) is 0 Å². The zero-order valence-corrected chi connectivity index (χ0v) is 12.0. The predicted octanol–water partition coefficient (Wildman–Crippen LogP) is 3.95. The molecule has 1 saturated carbocycles. The Hall–Kier alpha value is -1.22. The number of halogens is 1. The highest BCUT2D eigenvalue weighted by molar-refractivity contribution is 6.32. The predicted molar refractivity (Wildman–Crippen MR) is 75.0 cm³/mol. The van der Waals surface area contributed by atoms with E-state index in [2.05, 4.69) is 0 Å². The molecule has 2 N–H and O–H groups in total. The fraction of sp³-hybridized carbons (Fsp3) is 0.533. The van der Waals surface area contributed by atoms with Gasteiger partial charge in [0.15, 0.2) is 0 Å². The lowest BCUT2D eigenvalue weighted by molar-refractivity contribution is -0.145. The Kier molecular flexibility index (Phi) is 3.77. The van der Waals surface area contributed by atoms with Gasteiger partial charge in [0.1, 0.15) is 5.75 Å². The van der Waals surface area contributed by atoms with Gasteiger partial charge in [0, 0.05) is 5.02 Å². The number of aryl methyl sites for hydroxylation is 1. The van der Waals surface area contributed by atoms with Crippen LogP contribution >= 0.6 is 11.6 Å². The molecule has 0 spiro atoms. The maximum absolute atomic E-state index is 11.8.